The molecule has 3 unspecified atom stereocenters. The number of alkyl halides is 3. The Labute approximate surface area is 415 Å². The average molecular weight is 1020 g/mol. The largest absolute Gasteiger partial charge is 0.459 e. The van der Waals surface area contributed by atoms with Crippen LogP contribution in [0.3, 0.4) is 0 Å². The van der Waals surface area contributed by atoms with Gasteiger partial charge in [-0.05, 0) is 60.7 Å². The molecule has 364 valence electrons. The fraction of sp³-hybridized carbons (Fsp3) is 0.260. The third-order valence-electron chi connectivity index (χ3n) is 10.5. The summed E-state index contributed by atoms with van der Waals surface area (Å²) in [5.74, 6) is -6.59. The number of hydrogen-bond acceptors (Lipinski definition) is 17. The minimum Gasteiger partial charge on any atom is -0.459 e. The van der Waals surface area contributed by atoms with Gasteiger partial charge in [-0.15, -0.1) is 0 Å². The average Bonchev–Trinajstić information content (AvgIpc) is 3.37. The van der Waals surface area contributed by atoms with Crippen LogP contribution in [-0.2, 0) is 52.2 Å². The molecule has 0 aromatic heterocycles. The first-order valence-electron chi connectivity index (χ1n) is 21.3. The van der Waals surface area contributed by atoms with Crippen molar-refractivity contribution < 1.29 is 76.1 Å². The van der Waals surface area contributed by atoms with Crippen molar-refractivity contribution in [2.24, 2.45) is 0 Å². The second-order valence-corrected chi connectivity index (χ2v) is 17.6. The van der Waals surface area contributed by atoms with Crippen LogP contribution < -0.4 is 0 Å². The number of benzene rings is 5. The predicted molar refractivity (Wildman–Crippen MR) is 247 cm³/mol. The van der Waals surface area contributed by atoms with Gasteiger partial charge in [0.25, 0.3) is 3.79 Å². The molecule has 5 aromatic carbocycles. The van der Waals surface area contributed by atoms with Crippen LogP contribution in [0.15, 0.2) is 152 Å². The van der Waals surface area contributed by atoms with Gasteiger partial charge in [0.05, 0.1) is 34.4 Å². The lowest BCUT2D eigenvalue weighted by atomic mass is 9.97. The molecule has 70 heavy (non-hydrogen) atoms. The molecule has 2 saturated heterocycles. The molecule has 2 fully saturated rings. The maximum absolute atomic E-state index is 14.1. The highest BCUT2D eigenvalue weighted by Crippen LogP contribution is 2.36. The summed E-state index contributed by atoms with van der Waals surface area (Å²) in [6, 6.07) is 38.7. The van der Waals surface area contributed by atoms with E-state index in [2.05, 4.69) is 0 Å². The SMILES string of the molecule is CC(=O)O[C@@H]1C(OC(=O)c2ccccc2)[C@H](OC(=N)C(Cl)(Cl)Cl)OC[C@H]1O[C@@H]1OC(COC(=O)c2ccccc2)[C@H](OC(=O)c2ccccc2)[C@H](OC(=O)c2ccccc2)C1OC(=O)c1ccccc1. The summed E-state index contributed by atoms with van der Waals surface area (Å²) in [5.41, 5.74) is 0.299. The summed E-state index contributed by atoms with van der Waals surface area (Å²) in [5, 5.41) is 8.29. The van der Waals surface area contributed by atoms with Crippen molar-refractivity contribution in [3.05, 3.63) is 179 Å². The zero-order valence-electron chi connectivity index (χ0n) is 36.7. The van der Waals surface area contributed by atoms with Gasteiger partial charge in [0, 0.05) is 6.92 Å². The minimum atomic E-state index is -2.43. The first kappa shape index (κ1) is 51.0. The van der Waals surface area contributed by atoms with Crippen LogP contribution >= 0.6 is 34.8 Å². The number of carbonyl (C=O) groups is 6. The van der Waals surface area contributed by atoms with Gasteiger partial charge in [-0.25, -0.2) is 24.0 Å². The Morgan fingerprint density at radius 1 is 0.500 bits per heavy atom. The zero-order chi connectivity index (χ0) is 49.8. The summed E-state index contributed by atoms with van der Waals surface area (Å²) in [4.78, 5) is 82.3. The monoisotopic (exact) mass is 1020 g/mol. The minimum absolute atomic E-state index is 0.0224. The zero-order valence-corrected chi connectivity index (χ0v) is 39.0. The number of rotatable bonds is 15. The highest BCUT2D eigenvalue weighted by molar-refractivity contribution is 6.76. The first-order chi connectivity index (χ1) is 33.7. The molecule has 17 nitrogen and oxygen atoms in total. The molecule has 5 aromatic rings. The van der Waals surface area contributed by atoms with Crippen LogP contribution in [0, 0.1) is 5.41 Å². The van der Waals surface area contributed by atoms with E-state index < -0.39 is 114 Å². The molecule has 0 amide bonds. The van der Waals surface area contributed by atoms with Crippen molar-refractivity contribution in [2.75, 3.05) is 13.2 Å². The van der Waals surface area contributed by atoms with Gasteiger partial charge in [-0.1, -0.05) is 126 Å². The summed E-state index contributed by atoms with van der Waals surface area (Å²) < 4.78 is 57.8. The number of hydrogen-bond donors (Lipinski definition) is 1. The smallest absolute Gasteiger partial charge is 0.338 e. The third kappa shape index (κ3) is 13.3. The molecule has 0 radical (unpaired) electrons. The van der Waals surface area contributed by atoms with Crippen LogP contribution in [-0.4, -0.2) is 114 Å². The molecule has 7 rings (SSSR count). The lowest BCUT2D eigenvalue weighted by Gasteiger charge is -2.47. The van der Waals surface area contributed by atoms with Gasteiger partial charge in [-0.3, -0.25) is 10.2 Å². The normalized spacial score (nSPS) is 23.1. The van der Waals surface area contributed by atoms with E-state index >= 15 is 0 Å². The van der Waals surface area contributed by atoms with E-state index in [0.717, 1.165) is 6.92 Å². The second-order valence-electron chi connectivity index (χ2n) is 15.3. The van der Waals surface area contributed by atoms with Gasteiger partial charge in [0.2, 0.25) is 18.3 Å². The number of esters is 6. The Morgan fingerprint density at radius 3 is 1.27 bits per heavy atom. The van der Waals surface area contributed by atoms with E-state index in [0.29, 0.717) is 0 Å². The fourth-order valence-corrected chi connectivity index (χ4v) is 7.31. The number of nitrogens with one attached hydrogen (secondary N) is 1. The number of halogens is 3. The van der Waals surface area contributed by atoms with E-state index in [1.807, 2.05) is 0 Å². The molecule has 0 saturated carbocycles. The summed E-state index contributed by atoms with van der Waals surface area (Å²) in [6.45, 7) is -0.270. The van der Waals surface area contributed by atoms with Crippen molar-refractivity contribution in [3.63, 3.8) is 0 Å². The standard InChI is InChI=1S/C50H42Cl3NO16/c1-29(55)63-38-36(28-62-47(70-49(54)50(51,52)53)40(38)68-45(59)33-23-13-5-14-24-33)65-48-41(69-46(60)34-25-15-6-16-26-34)39(67-44(58)32-21-11-4-12-22-32)37(66-43(57)31-19-9-3-10-20-31)35(64-48)27-61-42(56)30-17-7-2-8-18-30/h2-26,35-41,47-48,54H,27-28H2,1H3/t35?,36-,37+,38+,39+,40?,41?,47+,48+/m1/s1. The highest BCUT2D eigenvalue weighted by atomic mass is 35.6. The molecule has 2 aliphatic rings. The highest BCUT2D eigenvalue weighted by Gasteiger charge is 2.57. The topological polar surface area (TPSA) is 219 Å². The van der Waals surface area contributed by atoms with Crippen molar-refractivity contribution in [2.45, 2.75) is 66.0 Å². The number of ether oxygens (including phenoxy) is 10. The maximum atomic E-state index is 14.1. The van der Waals surface area contributed by atoms with Crippen molar-refractivity contribution in [1.29, 1.82) is 5.41 Å². The van der Waals surface area contributed by atoms with E-state index in [1.54, 1.807) is 91.0 Å². The van der Waals surface area contributed by atoms with Gasteiger partial charge in [-0.2, -0.15) is 0 Å². The lowest BCUT2D eigenvalue weighted by molar-refractivity contribution is -0.337. The Hall–Kier alpha value is -6.86. The molecule has 1 N–H and O–H groups in total. The Bertz CT molecular complexity index is 2610. The molecular formula is C50H42Cl3NO16. The second kappa shape index (κ2) is 23.6. The Morgan fingerprint density at radius 2 is 0.871 bits per heavy atom. The Kier molecular flexibility index (Phi) is 17.2. The van der Waals surface area contributed by atoms with Gasteiger partial charge >= 0.3 is 35.8 Å². The molecule has 2 heterocycles. The fourth-order valence-electron chi connectivity index (χ4n) is 7.18. The van der Waals surface area contributed by atoms with Gasteiger partial charge in [0.15, 0.2) is 30.7 Å². The first-order valence-corrected chi connectivity index (χ1v) is 22.5. The maximum Gasteiger partial charge on any atom is 0.338 e. The van der Waals surface area contributed by atoms with Crippen LogP contribution in [0.4, 0.5) is 0 Å². The van der Waals surface area contributed by atoms with Crippen LogP contribution in [0.2, 0.25) is 0 Å². The van der Waals surface area contributed by atoms with Gasteiger partial charge in [0.1, 0.15) is 18.8 Å². The summed E-state index contributed by atoms with van der Waals surface area (Å²) >= 11 is 17.8. The molecule has 0 bridgehead atoms. The molecule has 0 spiro atoms. The van der Waals surface area contributed by atoms with E-state index in [4.69, 9.17) is 87.6 Å². The van der Waals surface area contributed by atoms with Crippen molar-refractivity contribution >= 4 is 76.5 Å². The number of carbonyl (C=O) groups excluding carboxylic acids is 6. The van der Waals surface area contributed by atoms with Crippen molar-refractivity contribution in [3.8, 4) is 0 Å². The Balaban J connectivity index is 1.33. The third-order valence-corrected chi connectivity index (χ3v) is 11.0. The van der Waals surface area contributed by atoms with E-state index in [9.17, 15) is 28.8 Å². The van der Waals surface area contributed by atoms with Gasteiger partial charge < -0.3 is 47.4 Å². The van der Waals surface area contributed by atoms with E-state index in [1.165, 1.54) is 60.7 Å². The summed E-state index contributed by atoms with van der Waals surface area (Å²) in [7, 11) is 0. The molecule has 0 aliphatic carbocycles. The molecule has 9 atom stereocenters. The van der Waals surface area contributed by atoms with E-state index in [-0.39, 0.29) is 27.8 Å². The van der Waals surface area contributed by atoms with Crippen molar-refractivity contribution in [1.82, 2.24) is 0 Å². The molecular weight excluding hydrogens is 977 g/mol. The quantitative estimate of drug-likeness (QED) is 0.0353. The summed E-state index contributed by atoms with van der Waals surface area (Å²) in [6.07, 6.45) is -15.8. The predicted octanol–water partition coefficient (Wildman–Crippen LogP) is 7.51. The lowest BCUT2D eigenvalue weighted by Crippen LogP contribution is -2.65. The molecule has 2 aliphatic heterocycles. The molecule has 20 heteroatoms. The van der Waals surface area contributed by atoms with Crippen LogP contribution in [0.5, 0.6) is 0 Å². The van der Waals surface area contributed by atoms with Crippen LogP contribution in [0.1, 0.15) is 58.7 Å². The van der Waals surface area contributed by atoms with Crippen LogP contribution in [0.25, 0.3) is 0 Å².